The minimum absolute atomic E-state index is 0.0788. The molecule has 120 valence electrons. The molecule has 2 aromatic rings. The first-order chi connectivity index (χ1) is 11.6. The van der Waals surface area contributed by atoms with Crippen molar-refractivity contribution in [2.75, 3.05) is 12.1 Å². The zero-order valence-electron chi connectivity index (χ0n) is 12.2. The van der Waals surface area contributed by atoms with Crippen molar-refractivity contribution in [1.82, 2.24) is 0 Å². The summed E-state index contributed by atoms with van der Waals surface area (Å²) in [6.45, 7) is 0.154. The highest BCUT2D eigenvalue weighted by Gasteiger charge is 2.15. The van der Waals surface area contributed by atoms with E-state index in [1.807, 2.05) is 6.07 Å². The Hall–Kier alpha value is -2.68. The van der Waals surface area contributed by atoms with Gasteiger partial charge in [0.2, 0.25) is 6.79 Å². The van der Waals surface area contributed by atoms with Gasteiger partial charge in [0, 0.05) is 5.02 Å². The van der Waals surface area contributed by atoms with Crippen LogP contribution in [-0.2, 0) is 4.79 Å². The Morgan fingerprint density at radius 1 is 1.17 bits per heavy atom. The molecular formula is C17H10Cl2N2O3. The van der Waals surface area contributed by atoms with Crippen molar-refractivity contribution in [1.29, 1.82) is 5.26 Å². The van der Waals surface area contributed by atoms with Crippen LogP contribution in [0.25, 0.3) is 6.08 Å². The Morgan fingerprint density at radius 3 is 2.75 bits per heavy atom. The van der Waals surface area contributed by atoms with Crippen molar-refractivity contribution in [3.05, 3.63) is 57.6 Å². The van der Waals surface area contributed by atoms with Crippen LogP contribution in [0.5, 0.6) is 11.5 Å². The van der Waals surface area contributed by atoms with Crippen molar-refractivity contribution in [3.63, 3.8) is 0 Å². The van der Waals surface area contributed by atoms with E-state index in [0.29, 0.717) is 32.8 Å². The molecule has 0 saturated carbocycles. The molecule has 1 aliphatic heterocycles. The number of nitriles is 1. The van der Waals surface area contributed by atoms with Crippen LogP contribution in [0, 0.1) is 11.3 Å². The van der Waals surface area contributed by atoms with E-state index in [4.69, 9.17) is 32.7 Å². The van der Waals surface area contributed by atoms with E-state index in [-0.39, 0.29) is 12.4 Å². The highest BCUT2D eigenvalue weighted by molar-refractivity contribution is 6.36. The van der Waals surface area contributed by atoms with Crippen LogP contribution in [0.4, 0.5) is 5.69 Å². The summed E-state index contributed by atoms with van der Waals surface area (Å²) in [6.07, 6.45) is 1.45. The fourth-order valence-electron chi connectivity index (χ4n) is 2.10. The third-order valence-electron chi connectivity index (χ3n) is 3.25. The summed E-state index contributed by atoms with van der Waals surface area (Å²) in [5.41, 5.74) is 0.897. The number of hydrogen-bond acceptors (Lipinski definition) is 4. The Balaban J connectivity index is 1.84. The standard InChI is InChI=1S/C17H10Cl2N2O3/c18-12-2-3-13(19)14(7-12)21-17(22)11(8-20)5-10-1-4-15-16(6-10)24-9-23-15/h1-7H,9H2,(H,21,22)/b11-5-. The molecule has 1 heterocycles. The summed E-state index contributed by atoms with van der Waals surface area (Å²) in [6, 6.07) is 11.7. The van der Waals surface area contributed by atoms with Crippen molar-refractivity contribution >= 4 is 40.9 Å². The minimum Gasteiger partial charge on any atom is -0.454 e. The molecule has 24 heavy (non-hydrogen) atoms. The van der Waals surface area contributed by atoms with Crippen molar-refractivity contribution in [2.45, 2.75) is 0 Å². The van der Waals surface area contributed by atoms with Crippen LogP contribution in [-0.4, -0.2) is 12.7 Å². The molecule has 1 aliphatic rings. The number of nitrogens with one attached hydrogen (secondary N) is 1. The second-order valence-corrected chi connectivity index (χ2v) is 5.70. The fraction of sp³-hybridized carbons (Fsp3) is 0.0588. The van der Waals surface area contributed by atoms with Gasteiger partial charge in [-0.05, 0) is 42.0 Å². The first kappa shape index (κ1) is 16.2. The van der Waals surface area contributed by atoms with E-state index in [9.17, 15) is 10.1 Å². The topological polar surface area (TPSA) is 71.3 Å². The lowest BCUT2D eigenvalue weighted by Gasteiger charge is -2.07. The van der Waals surface area contributed by atoms with E-state index in [1.165, 1.54) is 12.1 Å². The lowest BCUT2D eigenvalue weighted by molar-refractivity contribution is -0.112. The van der Waals surface area contributed by atoms with Gasteiger partial charge in [0.1, 0.15) is 11.6 Å². The van der Waals surface area contributed by atoms with Gasteiger partial charge in [0.15, 0.2) is 11.5 Å². The van der Waals surface area contributed by atoms with Crippen molar-refractivity contribution < 1.29 is 14.3 Å². The van der Waals surface area contributed by atoms with E-state index >= 15 is 0 Å². The molecule has 0 aromatic heterocycles. The molecule has 0 saturated heterocycles. The molecule has 0 bridgehead atoms. The molecule has 7 heteroatoms. The number of fused-ring (bicyclic) bond motifs is 1. The summed E-state index contributed by atoms with van der Waals surface area (Å²) in [5, 5.41) is 12.6. The average Bonchev–Trinajstić information content (AvgIpc) is 3.03. The molecule has 0 fully saturated rings. The molecule has 0 unspecified atom stereocenters. The van der Waals surface area contributed by atoms with Gasteiger partial charge in [-0.3, -0.25) is 4.79 Å². The first-order valence-corrected chi connectivity index (χ1v) is 7.60. The van der Waals surface area contributed by atoms with Gasteiger partial charge >= 0.3 is 0 Å². The number of anilines is 1. The summed E-state index contributed by atoms with van der Waals surface area (Å²) < 4.78 is 10.5. The van der Waals surface area contributed by atoms with Crippen molar-refractivity contribution in [3.8, 4) is 17.6 Å². The first-order valence-electron chi connectivity index (χ1n) is 6.84. The summed E-state index contributed by atoms with van der Waals surface area (Å²) >= 11 is 11.9. The van der Waals surface area contributed by atoms with Gasteiger partial charge in [0.25, 0.3) is 5.91 Å². The molecule has 1 amide bonds. The van der Waals surface area contributed by atoms with E-state index in [0.717, 1.165) is 0 Å². The summed E-state index contributed by atoms with van der Waals surface area (Å²) in [7, 11) is 0. The predicted octanol–water partition coefficient (Wildman–Crippen LogP) is 4.27. The van der Waals surface area contributed by atoms with Crippen molar-refractivity contribution in [2.24, 2.45) is 0 Å². The van der Waals surface area contributed by atoms with Gasteiger partial charge in [-0.25, -0.2) is 0 Å². The molecule has 1 N–H and O–H groups in total. The molecule has 2 aromatic carbocycles. The van der Waals surface area contributed by atoms with Crippen LogP contribution in [0.15, 0.2) is 42.0 Å². The highest BCUT2D eigenvalue weighted by Crippen LogP contribution is 2.33. The zero-order chi connectivity index (χ0) is 17.1. The van der Waals surface area contributed by atoms with Gasteiger partial charge in [0.05, 0.1) is 10.7 Å². The number of ether oxygens (including phenoxy) is 2. The molecule has 0 atom stereocenters. The number of benzene rings is 2. The predicted molar refractivity (Wildman–Crippen MR) is 91.2 cm³/mol. The maximum atomic E-state index is 12.3. The van der Waals surface area contributed by atoms with E-state index in [2.05, 4.69) is 5.32 Å². The monoisotopic (exact) mass is 360 g/mol. The maximum Gasteiger partial charge on any atom is 0.266 e. The molecule has 0 spiro atoms. The molecular weight excluding hydrogens is 351 g/mol. The molecule has 5 nitrogen and oxygen atoms in total. The van der Waals surface area contributed by atoms with Crippen LogP contribution in [0.3, 0.4) is 0 Å². The smallest absolute Gasteiger partial charge is 0.266 e. The quantitative estimate of drug-likeness (QED) is 0.655. The number of carbonyl (C=O) groups is 1. The van der Waals surface area contributed by atoms with Crippen LogP contribution in [0.1, 0.15) is 5.56 Å². The summed E-state index contributed by atoms with van der Waals surface area (Å²) in [4.78, 5) is 12.3. The molecule has 0 radical (unpaired) electrons. The molecule has 0 aliphatic carbocycles. The SMILES string of the molecule is N#C/C(=C/c1ccc2c(c1)OCO2)C(=O)Nc1cc(Cl)ccc1Cl. The zero-order valence-corrected chi connectivity index (χ0v) is 13.7. The molecule has 3 rings (SSSR count). The maximum absolute atomic E-state index is 12.3. The number of hydrogen-bond donors (Lipinski definition) is 1. The second kappa shape index (κ2) is 6.83. The Bertz CT molecular complexity index is 888. The normalized spacial score (nSPS) is 12.6. The summed E-state index contributed by atoms with van der Waals surface area (Å²) in [5.74, 6) is 0.611. The number of carbonyl (C=O) groups excluding carboxylic acids is 1. The lowest BCUT2D eigenvalue weighted by Crippen LogP contribution is -2.13. The van der Waals surface area contributed by atoms with Gasteiger partial charge in [-0.1, -0.05) is 29.3 Å². The van der Waals surface area contributed by atoms with Gasteiger partial charge in [-0.2, -0.15) is 5.26 Å². The van der Waals surface area contributed by atoms with Crippen LogP contribution < -0.4 is 14.8 Å². The largest absolute Gasteiger partial charge is 0.454 e. The number of amides is 1. The third kappa shape index (κ3) is 3.46. The second-order valence-electron chi connectivity index (χ2n) is 4.86. The minimum atomic E-state index is -0.584. The Labute approximate surface area is 148 Å². The number of rotatable bonds is 3. The number of halogens is 2. The fourth-order valence-corrected chi connectivity index (χ4v) is 2.44. The van der Waals surface area contributed by atoms with Crippen LogP contribution in [0.2, 0.25) is 10.0 Å². The average molecular weight is 361 g/mol. The number of nitrogens with zero attached hydrogens (tertiary/aromatic N) is 1. The third-order valence-corrected chi connectivity index (χ3v) is 3.81. The van der Waals surface area contributed by atoms with E-state index in [1.54, 1.807) is 30.3 Å². The Kier molecular flexibility index (Phi) is 4.61. The Morgan fingerprint density at radius 2 is 1.96 bits per heavy atom. The van der Waals surface area contributed by atoms with Crippen LogP contribution >= 0.6 is 23.2 Å². The van der Waals surface area contributed by atoms with E-state index < -0.39 is 5.91 Å². The lowest BCUT2D eigenvalue weighted by atomic mass is 10.1. The van der Waals surface area contributed by atoms with Gasteiger partial charge in [-0.15, -0.1) is 0 Å². The van der Waals surface area contributed by atoms with Gasteiger partial charge < -0.3 is 14.8 Å². The highest BCUT2D eigenvalue weighted by atomic mass is 35.5.